The molecule has 1 atom stereocenters. The summed E-state index contributed by atoms with van der Waals surface area (Å²) in [5.41, 5.74) is -1.26. The van der Waals surface area contributed by atoms with Gasteiger partial charge in [0, 0.05) is 12.1 Å². The fourth-order valence-electron chi connectivity index (χ4n) is 1.74. The second-order valence-corrected chi connectivity index (χ2v) is 3.87. The van der Waals surface area contributed by atoms with Crippen molar-refractivity contribution in [2.45, 2.75) is 12.1 Å². The lowest BCUT2D eigenvalue weighted by Crippen LogP contribution is -2.23. The molecule has 2 rings (SSSR count). The summed E-state index contributed by atoms with van der Waals surface area (Å²) in [5.74, 6) is -0.562. The molecule has 1 heterocycles. The summed E-state index contributed by atoms with van der Waals surface area (Å²) in [5, 5.41) is 2.80. The fourth-order valence-corrected chi connectivity index (χ4v) is 2.04. The standard InChI is InChI=1S/C10H10ClF2N/c11-9-7(2-1-3-8(9)12)10(13)4-5-14-6-10/h1-3,14H,4-6H2. The molecule has 1 nitrogen and oxygen atoms in total. The van der Waals surface area contributed by atoms with Crippen LogP contribution in [-0.2, 0) is 5.67 Å². The molecule has 0 bridgehead atoms. The molecule has 0 radical (unpaired) electrons. The van der Waals surface area contributed by atoms with Crippen LogP contribution >= 0.6 is 11.6 Å². The van der Waals surface area contributed by atoms with Crippen LogP contribution < -0.4 is 5.32 Å². The first-order chi connectivity index (χ1) is 6.63. The maximum Gasteiger partial charge on any atom is 0.151 e. The molecule has 1 fully saturated rings. The van der Waals surface area contributed by atoms with Crippen molar-refractivity contribution < 1.29 is 8.78 Å². The zero-order chi connectivity index (χ0) is 10.2. The fraction of sp³-hybridized carbons (Fsp3) is 0.400. The Balaban J connectivity index is 2.45. The number of rotatable bonds is 1. The molecule has 4 heteroatoms. The van der Waals surface area contributed by atoms with Crippen LogP contribution in [0.5, 0.6) is 0 Å². The molecule has 1 N–H and O–H groups in total. The van der Waals surface area contributed by atoms with Crippen molar-refractivity contribution in [3.63, 3.8) is 0 Å². The van der Waals surface area contributed by atoms with Gasteiger partial charge in [-0.3, -0.25) is 0 Å². The minimum Gasteiger partial charge on any atom is -0.313 e. The van der Waals surface area contributed by atoms with Crippen LogP contribution in [0.2, 0.25) is 5.02 Å². The Labute approximate surface area is 86.1 Å². The van der Waals surface area contributed by atoms with E-state index in [4.69, 9.17) is 11.6 Å². The Morgan fingerprint density at radius 2 is 2.21 bits per heavy atom. The van der Waals surface area contributed by atoms with Gasteiger partial charge in [-0.15, -0.1) is 0 Å². The number of benzene rings is 1. The van der Waals surface area contributed by atoms with Crippen LogP contribution in [-0.4, -0.2) is 13.1 Å². The summed E-state index contributed by atoms with van der Waals surface area (Å²) in [7, 11) is 0. The Morgan fingerprint density at radius 3 is 2.86 bits per heavy atom. The zero-order valence-corrected chi connectivity index (χ0v) is 8.24. The quantitative estimate of drug-likeness (QED) is 0.763. The number of hydrogen-bond donors (Lipinski definition) is 1. The third-order valence-electron chi connectivity index (χ3n) is 2.54. The highest BCUT2D eigenvalue weighted by molar-refractivity contribution is 6.31. The second kappa shape index (κ2) is 3.48. The summed E-state index contributed by atoms with van der Waals surface area (Å²) >= 11 is 5.72. The van der Waals surface area contributed by atoms with Crippen molar-refractivity contribution >= 4 is 11.6 Å². The molecule has 0 aromatic heterocycles. The number of hydrogen-bond acceptors (Lipinski definition) is 1. The topological polar surface area (TPSA) is 12.0 Å². The molecule has 0 amide bonds. The largest absolute Gasteiger partial charge is 0.313 e. The van der Waals surface area contributed by atoms with Gasteiger partial charge in [-0.05, 0) is 19.0 Å². The van der Waals surface area contributed by atoms with Crippen molar-refractivity contribution in [2.75, 3.05) is 13.1 Å². The Hall–Kier alpha value is -0.670. The SMILES string of the molecule is Fc1cccc(C2(F)CCNC2)c1Cl. The molecule has 1 aliphatic heterocycles. The summed E-state index contributed by atoms with van der Waals surface area (Å²) in [4.78, 5) is 0. The van der Waals surface area contributed by atoms with Crippen molar-refractivity contribution in [3.8, 4) is 0 Å². The maximum absolute atomic E-state index is 14.2. The van der Waals surface area contributed by atoms with E-state index in [0.717, 1.165) is 0 Å². The molecule has 1 aromatic rings. The molecule has 14 heavy (non-hydrogen) atoms. The Bertz CT molecular complexity index is 348. The molecule has 1 saturated heterocycles. The number of nitrogens with one attached hydrogen (secondary N) is 1. The Kier molecular flexibility index (Phi) is 2.45. The van der Waals surface area contributed by atoms with E-state index in [1.807, 2.05) is 0 Å². The van der Waals surface area contributed by atoms with Crippen LogP contribution in [0.15, 0.2) is 18.2 Å². The summed E-state index contributed by atoms with van der Waals surface area (Å²) in [6, 6.07) is 4.26. The van der Waals surface area contributed by atoms with Crippen LogP contribution in [0.3, 0.4) is 0 Å². The molecule has 0 saturated carbocycles. The van der Waals surface area contributed by atoms with Gasteiger partial charge in [0.25, 0.3) is 0 Å². The van der Waals surface area contributed by atoms with Crippen LogP contribution in [0, 0.1) is 5.82 Å². The van der Waals surface area contributed by atoms with E-state index in [-0.39, 0.29) is 17.1 Å². The van der Waals surface area contributed by atoms with Gasteiger partial charge in [0.15, 0.2) is 5.67 Å². The monoisotopic (exact) mass is 217 g/mol. The third-order valence-corrected chi connectivity index (χ3v) is 2.92. The van der Waals surface area contributed by atoms with Gasteiger partial charge < -0.3 is 5.32 Å². The first-order valence-electron chi connectivity index (χ1n) is 4.48. The molecule has 0 spiro atoms. The normalized spacial score (nSPS) is 26.8. The molecule has 1 aromatic carbocycles. The predicted molar refractivity (Wildman–Crippen MR) is 51.7 cm³/mol. The van der Waals surface area contributed by atoms with E-state index in [0.29, 0.717) is 13.0 Å². The zero-order valence-electron chi connectivity index (χ0n) is 7.49. The molecule has 1 aliphatic rings. The van der Waals surface area contributed by atoms with Crippen molar-refractivity contribution in [2.24, 2.45) is 0 Å². The second-order valence-electron chi connectivity index (χ2n) is 3.49. The highest BCUT2D eigenvalue weighted by Crippen LogP contribution is 2.37. The minimum atomic E-state index is -1.51. The van der Waals surface area contributed by atoms with Crippen molar-refractivity contribution in [3.05, 3.63) is 34.6 Å². The van der Waals surface area contributed by atoms with Gasteiger partial charge >= 0.3 is 0 Å². The number of halogens is 3. The summed E-state index contributed by atoms with van der Waals surface area (Å²) in [6.45, 7) is 0.805. The predicted octanol–water partition coefficient (Wildman–Crippen LogP) is 2.64. The van der Waals surface area contributed by atoms with E-state index in [1.54, 1.807) is 6.07 Å². The summed E-state index contributed by atoms with van der Waals surface area (Å²) in [6.07, 6.45) is 0.343. The Morgan fingerprint density at radius 1 is 1.43 bits per heavy atom. The molecular formula is C10H10ClF2N. The first-order valence-corrected chi connectivity index (χ1v) is 4.85. The lowest BCUT2D eigenvalue weighted by molar-refractivity contribution is 0.193. The van der Waals surface area contributed by atoms with Crippen LogP contribution in [0.25, 0.3) is 0 Å². The van der Waals surface area contributed by atoms with Gasteiger partial charge in [-0.25, -0.2) is 8.78 Å². The van der Waals surface area contributed by atoms with Crippen LogP contribution in [0.4, 0.5) is 8.78 Å². The van der Waals surface area contributed by atoms with Crippen molar-refractivity contribution in [1.82, 2.24) is 5.32 Å². The first kappa shape index (κ1) is 9.87. The summed E-state index contributed by atoms with van der Waals surface area (Å²) < 4.78 is 27.3. The molecular weight excluding hydrogens is 208 g/mol. The average Bonchev–Trinajstić information content (AvgIpc) is 2.58. The maximum atomic E-state index is 14.2. The van der Waals surface area contributed by atoms with E-state index < -0.39 is 11.5 Å². The third kappa shape index (κ3) is 1.51. The van der Waals surface area contributed by atoms with Gasteiger partial charge in [-0.1, -0.05) is 23.7 Å². The average molecular weight is 218 g/mol. The van der Waals surface area contributed by atoms with E-state index >= 15 is 0 Å². The smallest absolute Gasteiger partial charge is 0.151 e. The molecule has 76 valence electrons. The highest BCUT2D eigenvalue weighted by Gasteiger charge is 2.37. The van der Waals surface area contributed by atoms with Crippen molar-refractivity contribution in [1.29, 1.82) is 0 Å². The molecule has 1 unspecified atom stereocenters. The van der Waals surface area contributed by atoms with E-state index in [9.17, 15) is 8.78 Å². The molecule has 0 aliphatic carbocycles. The number of alkyl halides is 1. The van der Waals surface area contributed by atoms with E-state index in [2.05, 4.69) is 5.32 Å². The van der Waals surface area contributed by atoms with Crippen LogP contribution in [0.1, 0.15) is 12.0 Å². The lowest BCUT2D eigenvalue weighted by atomic mass is 9.95. The van der Waals surface area contributed by atoms with Gasteiger partial charge in [0.2, 0.25) is 0 Å². The van der Waals surface area contributed by atoms with Gasteiger partial charge in [-0.2, -0.15) is 0 Å². The minimum absolute atomic E-state index is 0.0984. The lowest BCUT2D eigenvalue weighted by Gasteiger charge is -2.19. The van der Waals surface area contributed by atoms with E-state index in [1.165, 1.54) is 12.1 Å². The highest BCUT2D eigenvalue weighted by atomic mass is 35.5. The van der Waals surface area contributed by atoms with Gasteiger partial charge in [0.05, 0.1) is 5.02 Å². The van der Waals surface area contributed by atoms with Gasteiger partial charge in [0.1, 0.15) is 5.82 Å².